The molecule has 0 aromatic heterocycles. The number of rotatable bonds is 5. The molecule has 2 aromatic rings. The van der Waals surface area contributed by atoms with Crippen LogP contribution < -0.4 is 0 Å². The summed E-state index contributed by atoms with van der Waals surface area (Å²) in [5.41, 5.74) is -3.84. The second-order valence-electron chi connectivity index (χ2n) is 10.2. The van der Waals surface area contributed by atoms with E-state index in [1.54, 1.807) is 32.9 Å². The van der Waals surface area contributed by atoms with E-state index >= 15 is 0 Å². The van der Waals surface area contributed by atoms with Crippen LogP contribution in [0.2, 0.25) is 0 Å². The van der Waals surface area contributed by atoms with Crippen molar-refractivity contribution in [2.45, 2.75) is 63.6 Å². The fourth-order valence-corrected chi connectivity index (χ4v) is 4.23. The molecule has 2 aromatic carbocycles. The van der Waals surface area contributed by atoms with Gasteiger partial charge in [-0.15, -0.1) is 0 Å². The van der Waals surface area contributed by atoms with Crippen LogP contribution in [-0.4, -0.2) is 36.3 Å². The summed E-state index contributed by atoms with van der Waals surface area (Å²) in [6.45, 7) is 5.22. The Morgan fingerprint density at radius 1 is 0.892 bits per heavy atom. The summed E-state index contributed by atoms with van der Waals surface area (Å²) in [5.74, 6) is -0.463. The van der Waals surface area contributed by atoms with Crippen LogP contribution in [0.4, 0.5) is 35.5 Å². The van der Waals surface area contributed by atoms with E-state index in [9.17, 15) is 35.5 Å². The van der Waals surface area contributed by atoms with Gasteiger partial charge < -0.3 is 14.4 Å². The zero-order chi connectivity index (χ0) is 27.6. The molecule has 1 aliphatic rings. The van der Waals surface area contributed by atoms with Crippen LogP contribution in [-0.2, 0) is 33.8 Å². The van der Waals surface area contributed by atoms with Crippen molar-refractivity contribution in [1.82, 2.24) is 4.90 Å². The molecule has 0 atom stereocenters. The van der Waals surface area contributed by atoms with Gasteiger partial charge in [0.25, 0.3) is 0 Å². The van der Waals surface area contributed by atoms with Crippen LogP contribution in [0.5, 0.6) is 0 Å². The highest BCUT2D eigenvalue weighted by Crippen LogP contribution is 2.38. The molecule has 1 saturated heterocycles. The summed E-state index contributed by atoms with van der Waals surface area (Å²) < 4.78 is 104. The third-order valence-corrected chi connectivity index (χ3v) is 6.12. The first kappa shape index (κ1) is 28.7. The lowest BCUT2D eigenvalue weighted by atomic mass is 9.73. The van der Waals surface area contributed by atoms with E-state index in [1.165, 1.54) is 17.0 Å². The van der Waals surface area contributed by atoms with Gasteiger partial charge in [-0.2, -0.15) is 26.3 Å². The Kier molecular flexibility index (Phi) is 8.16. The molecule has 37 heavy (non-hydrogen) atoms. The molecule has 11 heteroatoms. The van der Waals surface area contributed by atoms with Crippen molar-refractivity contribution in [1.29, 1.82) is 0 Å². The summed E-state index contributed by atoms with van der Waals surface area (Å²) in [6.07, 6.45) is -9.67. The number of hydrogen-bond acceptors (Lipinski definition) is 3. The number of piperidine rings is 1. The normalized spacial score (nSPS) is 16.5. The Labute approximate surface area is 210 Å². The molecule has 0 unspecified atom stereocenters. The molecule has 0 aliphatic carbocycles. The van der Waals surface area contributed by atoms with Gasteiger partial charge in [-0.05, 0) is 75.1 Å². The number of nitrogens with zero attached hydrogens (tertiary/aromatic N) is 1. The van der Waals surface area contributed by atoms with Crippen LogP contribution >= 0.6 is 0 Å². The second-order valence-corrected chi connectivity index (χ2v) is 10.2. The lowest BCUT2D eigenvalue weighted by Crippen LogP contribution is -2.48. The average molecular weight is 535 g/mol. The van der Waals surface area contributed by atoms with Crippen molar-refractivity contribution in [3.8, 4) is 0 Å². The van der Waals surface area contributed by atoms with E-state index in [0.717, 1.165) is 0 Å². The number of hydrogen-bond donors (Lipinski definition) is 0. The maximum absolute atomic E-state index is 13.6. The molecule has 0 saturated carbocycles. The summed E-state index contributed by atoms with van der Waals surface area (Å²) in [6, 6.07) is 6.98. The quantitative estimate of drug-likeness (QED) is 0.376. The minimum atomic E-state index is -4.96. The fourth-order valence-electron chi connectivity index (χ4n) is 4.23. The molecule has 1 amide bonds. The topological polar surface area (TPSA) is 38.8 Å². The van der Waals surface area contributed by atoms with Crippen molar-refractivity contribution in [3.05, 3.63) is 70.5 Å². The molecule has 204 valence electrons. The molecule has 1 aliphatic heterocycles. The zero-order valence-corrected chi connectivity index (χ0v) is 20.6. The average Bonchev–Trinajstić information content (AvgIpc) is 2.77. The van der Waals surface area contributed by atoms with Crippen LogP contribution in [0.3, 0.4) is 0 Å². The Bertz CT molecular complexity index is 1050. The van der Waals surface area contributed by atoms with Crippen molar-refractivity contribution < 1.29 is 45.0 Å². The van der Waals surface area contributed by atoms with Gasteiger partial charge in [-0.3, -0.25) is 0 Å². The molecule has 1 fully saturated rings. The van der Waals surface area contributed by atoms with Crippen molar-refractivity contribution in [3.63, 3.8) is 0 Å². The maximum Gasteiger partial charge on any atom is 0.416 e. The van der Waals surface area contributed by atoms with Gasteiger partial charge in [0.05, 0.1) is 24.3 Å². The third kappa shape index (κ3) is 7.59. The van der Waals surface area contributed by atoms with Crippen LogP contribution in [0.15, 0.2) is 42.5 Å². The maximum atomic E-state index is 13.6. The molecule has 4 nitrogen and oxygen atoms in total. The number of carbonyl (C=O) groups is 1. The van der Waals surface area contributed by atoms with Crippen LogP contribution in [0.1, 0.15) is 55.9 Å². The summed E-state index contributed by atoms with van der Waals surface area (Å²) in [5, 5.41) is 0. The lowest BCUT2D eigenvalue weighted by molar-refractivity contribution is -0.143. The van der Waals surface area contributed by atoms with Crippen molar-refractivity contribution in [2.75, 3.05) is 19.7 Å². The van der Waals surface area contributed by atoms with Gasteiger partial charge >= 0.3 is 18.4 Å². The van der Waals surface area contributed by atoms with Crippen molar-refractivity contribution in [2.24, 2.45) is 0 Å². The Morgan fingerprint density at radius 2 is 1.41 bits per heavy atom. The van der Waals surface area contributed by atoms with E-state index in [0.29, 0.717) is 30.5 Å². The summed E-state index contributed by atoms with van der Waals surface area (Å²) >= 11 is 0. The summed E-state index contributed by atoms with van der Waals surface area (Å²) in [4.78, 5) is 14.0. The first-order valence-electron chi connectivity index (χ1n) is 11.6. The smallest absolute Gasteiger partial charge is 0.416 e. The third-order valence-electron chi connectivity index (χ3n) is 6.12. The van der Waals surface area contributed by atoms with Crippen LogP contribution in [0.25, 0.3) is 0 Å². The van der Waals surface area contributed by atoms with Gasteiger partial charge in [-0.25, -0.2) is 9.18 Å². The van der Waals surface area contributed by atoms with E-state index in [2.05, 4.69) is 0 Å². The van der Waals surface area contributed by atoms with E-state index < -0.39 is 53.0 Å². The number of halogens is 7. The molecule has 1 heterocycles. The first-order valence-corrected chi connectivity index (χ1v) is 11.6. The fraction of sp³-hybridized carbons (Fsp3) is 0.500. The molecule has 0 spiro atoms. The first-order chi connectivity index (χ1) is 17.0. The van der Waals surface area contributed by atoms with Gasteiger partial charge in [0.2, 0.25) is 0 Å². The van der Waals surface area contributed by atoms with Gasteiger partial charge in [0.1, 0.15) is 11.4 Å². The Morgan fingerprint density at radius 3 is 1.86 bits per heavy atom. The van der Waals surface area contributed by atoms with Crippen LogP contribution in [0, 0.1) is 5.82 Å². The monoisotopic (exact) mass is 535 g/mol. The van der Waals surface area contributed by atoms with E-state index in [1.807, 2.05) is 0 Å². The van der Waals surface area contributed by atoms with E-state index in [-0.39, 0.29) is 31.3 Å². The molecular formula is C26H28F7NO3. The van der Waals surface area contributed by atoms with Crippen molar-refractivity contribution >= 4 is 6.09 Å². The van der Waals surface area contributed by atoms with Gasteiger partial charge in [-0.1, -0.05) is 12.1 Å². The van der Waals surface area contributed by atoms with Gasteiger partial charge in [0, 0.05) is 18.5 Å². The molecule has 0 N–H and O–H groups in total. The number of carbonyl (C=O) groups excluding carboxylic acids is 1. The van der Waals surface area contributed by atoms with Gasteiger partial charge in [0.15, 0.2) is 0 Å². The minimum absolute atomic E-state index is 0.0572. The molecular weight excluding hydrogens is 507 g/mol. The number of amides is 1. The number of ether oxygens (including phenoxy) is 2. The Hall–Kier alpha value is -2.82. The summed E-state index contributed by atoms with van der Waals surface area (Å²) in [7, 11) is 0. The highest BCUT2D eigenvalue weighted by atomic mass is 19.4. The standard InChI is InChI=1S/C26H28F7NO3/c1-23(2,3)37-22(35)34-10-8-24(9-11-34,18-4-6-21(27)7-5-18)16-36-15-17-12-19(25(28,29)30)14-20(13-17)26(31,32)33/h4-7,12-14H,8-11,15-16H2,1-3H3. The number of benzene rings is 2. The second kappa shape index (κ2) is 10.5. The lowest BCUT2D eigenvalue weighted by Gasteiger charge is -2.42. The predicted octanol–water partition coefficient (Wildman–Crippen LogP) is 7.35. The highest BCUT2D eigenvalue weighted by molar-refractivity contribution is 5.68. The SMILES string of the molecule is CC(C)(C)OC(=O)N1CCC(COCc2cc(C(F)(F)F)cc(C(F)(F)F)c2)(c2ccc(F)cc2)CC1. The number of alkyl halides is 6. The molecule has 0 bridgehead atoms. The molecule has 0 radical (unpaired) electrons. The Balaban J connectivity index is 1.79. The molecule has 3 rings (SSSR count). The predicted molar refractivity (Wildman–Crippen MR) is 121 cm³/mol. The largest absolute Gasteiger partial charge is 0.444 e. The number of likely N-dealkylation sites (tertiary alicyclic amines) is 1. The van der Waals surface area contributed by atoms with E-state index in [4.69, 9.17) is 9.47 Å². The zero-order valence-electron chi connectivity index (χ0n) is 20.6. The minimum Gasteiger partial charge on any atom is -0.444 e. The highest BCUT2D eigenvalue weighted by Gasteiger charge is 2.40.